The third-order valence-electron chi connectivity index (χ3n) is 4.48. The Labute approximate surface area is 103 Å². The van der Waals surface area contributed by atoms with Crippen LogP contribution in [0.2, 0.25) is 0 Å². The van der Waals surface area contributed by atoms with Gasteiger partial charge in [0.25, 0.3) is 0 Å². The number of rotatable bonds is 4. The van der Waals surface area contributed by atoms with Crippen molar-refractivity contribution in [1.82, 2.24) is 4.90 Å². The predicted molar refractivity (Wildman–Crippen MR) is 66.7 cm³/mol. The molecule has 1 saturated carbocycles. The molecule has 5 nitrogen and oxygen atoms in total. The summed E-state index contributed by atoms with van der Waals surface area (Å²) in [5.41, 5.74) is 5.48. The fraction of sp³-hybridized carbons (Fsp3) is 0.833. The van der Waals surface area contributed by atoms with Crippen molar-refractivity contribution in [3.63, 3.8) is 0 Å². The van der Waals surface area contributed by atoms with Crippen molar-refractivity contribution in [2.24, 2.45) is 27.6 Å². The van der Waals surface area contributed by atoms with Crippen molar-refractivity contribution in [3.05, 3.63) is 0 Å². The van der Waals surface area contributed by atoms with Gasteiger partial charge in [-0.2, -0.15) is 0 Å². The molecule has 0 radical (unpaired) electrons. The largest absolute Gasteiger partial charge is 0.409 e. The summed E-state index contributed by atoms with van der Waals surface area (Å²) in [5.74, 6) is 0.358. The van der Waals surface area contributed by atoms with E-state index in [-0.39, 0.29) is 28.5 Å². The van der Waals surface area contributed by atoms with E-state index in [9.17, 15) is 4.79 Å². The first-order valence-corrected chi connectivity index (χ1v) is 5.87. The summed E-state index contributed by atoms with van der Waals surface area (Å²) >= 11 is 0. The molecule has 1 aliphatic rings. The molecule has 0 unspecified atom stereocenters. The Balaban J connectivity index is 2.56. The van der Waals surface area contributed by atoms with Crippen LogP contribution in [-0.4, -0.2) is 35.4 Å². The quantitative estimate of drug-likeness (QED) is 0.336. The molecular weight excluding hydrogens is 218 g/mol. The zero-order valence-corrected chi connectivity index (χ0v) is 11.3. The Morgan fingerprint density at radius 2 is 1.82 bits per heavy atom. The number of nitrogens with zero attached hydrogens (tertiary/aromatic N) is 2. The number of carbonyl (C=O) groups is 1. The average Bonchev–Trinajstić information content (AvgIpc) is 2.64. The van der Waals surface area contributed by atoms with Gasteiger partial charge < -0.3 is 15.8 Å². The van der Waals surface area contributed by atoms with Gasteiger partial charge in [0.2, 0.25) is 5.91 Å². The Hall–Kier alpha value is -1.26. The minimum absolute atomic E-state index is 0.0506. The molecule has 1 fully saturated rings. The molecule has 1 rings (SSSR count). The first-order chi connectivity index (χ1) is 7.66. The number of oxime groups is 1. The summed E-state index contributed by atoms with van der Waals surface area (Å²) in [7, 11) is 1.76. The van der Waals surface area contributed by atoms with Crippen LogP contribution in [0, 0.1) is 16.7 Å². The molecule has 0 aromatic carbocycles. The number of hydrogen-bond donors (Lipinski definition) is 2. The Morgan fingerprint density at radius 3 is 2.18 bits per heavy atom. The molecule has 1 aliphatic carbocycles. The lowest BCUT2D eigenvalue weighted by atomic mass is 10.0. The van der Waals surface area contributed by atoms with Crippen LogP contribution in [-0.2, 0) is 4.79 Å². The van der Waals surface area contributed by atoms with Crippen molar-refractivity contribution < 1.29 is 10.0 Å². The lowest BCUT2D eigenvalue weighted by Gasteiger charge is -2.17. The highest BCUT2D eigenvalue weighted by atomic mass is 16.4. The topological polar surface area (TPSA) is 78.9 Å². The number of hydrogen-bond acceptors (Lipinski definition) is 3. The van der Waals surface area contributed by atoms with Crippen molar-refractivity contribution in [2.45, 2.75) is 34.1 Å². The lowest BCUT2D eigenvalue weighted by molar-refractivity contribution is -0.132. The van der Waals surface area contributed by atoms with Crippen molar-refractivity contribution in [1.29, 1.82) is 0 Å². The summed E-state index contributed by atoms with van der Waals surface area (Å²) in [5, 5.41) is 11.3. The van der Waals surface area contributed by atoms with E-state index in [4.69, 9.17) is 10.9 Å². The minimum Gasteiger partial charge on any atom is -0.409 e. The maximum atomic E-state index is 12.2. The highest BCUT2D eigenvalue weighted by molar-refractivity contribution is 5.85. The maximum Gasteiger partial charge on any atom is 0.226 e. The monoisotopic (exact) mass is 241 g/mol. The third kappa shape index (κ3) is 2.23. The van der Waals surface area contributed by atoms with Crippen molar-refractivity contribution >= 4 is 11.7 Å². The summed E-state index contributed by atoms with van der Waals surface area (Å²) in [4.78, 5) is 13.9. The highest BCUT2D eigenvalue weighted by Crippen LogP contribution is 2.68. The van der Waals surface area contributed by atoms with Crippen LogP contribution in [0.15, 0.2) is 5.16 Å². The van der Waals surface area contributed by atoms with E-state index in [1.807, 2.05) is 0 Å². The Kier molecular flexibility index (Phi) is 3.41. The number of amidine groups is 1. The fourth-order valence-corrected chi connectivity index (χ4v) is 2.48. The zero-order valence-electron chi connectivity index (χ0n) is 11.3. The highest BCUT2D eigenvalue weighted by Gasteiger charge is 2.68. The molecule has 17 heavy (non-hydrogen) atoms. The van der Waals surface area contributed by atoms with Gasteiger partial charge >= 0.3 is 0 Å². The molecule has 0 spiro atoms. The van der Waals surface area contributed by atoms with E-state index >= 15 is 0 Å². The number of nitrogens with two attached hydrogens (primary N) is 1. The molecule has 3 N–H and O–H groups in total. The van der Waals surface area contributed by atoms with E-state index in [0.717, 1.165) is 0 Å². The molecule has 0 saturated heterocycles. The fourth-order valence-electron chi connectivity index (χ4n) is 2.48. The van der Waals surface area contributed by atoms with Gasteiger partial charge in [0.1, 0.15) is 5.84 Å². The molecule has 0 aliphatic heterocycles. The zero-order chi connectivity index (χ0) is 13.4. The number of carbonyl (C=O) groups excluding carboxylic acids is 1. The average molecular weight is 241 g/mol. The van der Waals surface area contributed by atoms with E-state index < -0.39 is 0 Å². The van der Waals surface area contributed by atoms with Gasteiger partial charge in [-0.05, 0) is 10.8 Å². The van der Waals surface area contributed by atoms with Crippen LogP contribution >= 0.6 is 0 Å². The second kappa shape index (κ2) is 4.20. The van der Waals surface area contributed by atoms with Gasteiger partial charge in [0, 0.05) is 25.9 Å². The molecule has 0 aromatic rings. The first kappa shape index (κ1) is 13.8. The standard InChI is InChI=1S/C12H23N3O2/c1-11(2)9(12(11,3)4)10(16)15(5)7-6-8(13)14-17/h9,17H,6-7H2,1-5H3,(H2,13,14). The molecular formula is C12H23N3O2. The summed E-state index contributed by atoms with van der Waals surface area (Å²) in [6.45, 7) is 8.96. The molecule has 1 amide bonds. The predicted octanol–water partition coefficient (Wildman–Crippen LogP) is 1.26. The van der Waals surface area contributed by atoms with Crippen LogP contribution < -0.4 is 5.73 Å². The van der Waals surface area contributed by atoms with E-state index in [0.29, 0.717) is 13.0 Å². The Morgan fingerprint density at radius 1 is 1.35 bits per heavy atom. The van der Waals surface area contributed by atoms with Gasteiger partial charge in [-0.15, -0.1) is 0 Å². The van der Waals surface area contributed by atoms with Gasteiger partial charge in [0.05, 0.1) is 0 Å². The normalized spacial score (nSPS) is 22.3. The van der Waals surface area contributed by atoms with Crippen LogP contribution in [0.3, 0.4) is 0 Å². The molecule has 5 heteroatoms. The molecule has 0 aromatic heterocycles. The summed E-state index contributed by atoms with van der Waals surface area (Å²) in [6.07, 6.45) is 0.395. The third-order valence-corrected chi connectivity index (χ3v) is 4.48. The van der Waals surface area contributed by atoms with Crippen LogP contribution in [0.5, 0.6) is 0 Å². The minimum atomic E-state index is 0.0506. The molecule has 0 bridgehead atoms. The van der Waals surface area contributed by atoms with Crippen molar-refractivity contribution in [3.8, 4) is 0 Å². The second-order valence-corrected chi connectivity index (χ2v) is 5.98. The van der Waals surface area contributed by atoms with Gasteiger partial charge in [-0.3, -0.25) is 4.79 Å². The van der Waals surface area contributed by atoms with E-state index in [2.05, 4.69) is 32.9 Å². The summed E-state index contributed by atoms with van der Waals surface area (Å²) in [6, 6.07) is 0. The lowest BCUT2D eigenvalue weighted by Crippen LogP contribution is -2.33. The molecule has 0 atom stereocenters. The van der Waals surface area contributed by atoms with Crippen molar-refractivity contribution in [2.75, 3.05) is 13.6 Å². The van der Waals surface area contributed by atoms with E-state index in [1.165, 1.54) is 0 Å². The van der Waals surface area contributed by atoms with Crippen LogP contribution in [0.25, 0.3) is 0 Å². The van der Waals surface area contributed by atoms with Gasteiger partial charge in [-0.25, -0.2) is 0 Å². The van der Waals surface area contributed by atoms with Crippen LogP contribution in [0.1, 0.15) is 34.1 Å². The molecule has 98 valence electrons. The van der Waals surface area contributed by atoms with Crippen LogP contribution in [0.4, 0.5) is 0 Å². The number of amides is 1. The van der Waals surface area contributed by atoms with E-state index in [1.54, 1.807) is 11.9 Å². The Bertz CT molecular complexity index is 334. The first-order valence-electron chi connectivity index (χ1n) is 5.87. The van der Waals surface area contributed by atoms with Gasteiger partial charge in [0.15, 0.2) is 0 Å². The molecule has 0 heterocycles. The van der Waals surface area contributed by atoms with Gasteiger partial charge in [-0.1, -0.05) is 32.9 Å². The second-order valence-electron chi connectivity index (χ2n) is 5.98. The maximum absolute atomic E-state index is 12.2. The SMILES string of the molecule is CN(CCC(N)=NO)C(=O)C1C(C)(C)C1(C)C. The smallest absolute Gasteiger partial charge is 0.226 e. The summed E-state index contributed by atoms with van der Waals surface area (Å²) < 4.78 is 0.